The van der Waals surface area contributed by atoms with Gasteiger partial charge in [0.25, 0.3) is 0 Å². The molecular weight excluding hydrogens is 412 g/mol. The molecule has 1 aliphatic carbocycles. The minimum absolute atomic E-state index is 0. The first-order valence-electron chi connectivity index (χ1n) is 6.64. The van der Waals surface area contributed by atoms with E-state index in [0.29, 0.717) is 5.92 Å². The molecule has 0 heterocycles. The molecule has 0 saturated carbocycles. The van der Waals surface area contributed by atoms with Gasteiger partial charge in [0, 0.05) is 0 Å². The van der Waals surface area contributed by atoms with Crippen LogP contribution in [0.2, 0.25) is 0 Å². The molecule has 0 aromatic rings. The molecule has 0 spiro atoms. The van der Waals surface area contributed by atoms with Crippen LogP contribution in [0.1, 0.15) is 48.5 Å². The van der Waals surface area contributed by atoms with Crippen molar-refractivity contribution in [1.82, 2.24) is 0 Å². The van der Waals surface area contributed by atoms with Gasteiger partial charge in [-0.25, -0.2) is 5.57 Å². The molecule has 3 N–H and O–H groups in total. The van der Waals surface area contributed by atoms with Crippen LogP contribution in [0.25, 0.3) is 5.73 Å². The maximum Gasteiger partial charge on any atom is -0.358 e. The Labute approximate surface area is 172 Å². The molecule has 0 aliphatic heterocycles. The van der Waals surface area contributed by atoms with E-state index in [-0.39, 0.29) is 51.0 Å². The van der Waals surface area contributed by atoms with E-state index < -0.39 is 0 Å². The van der Waals surface area contributed by atoms with Crippen LogP contribution in [-0.4, -0.2) is 33.2 Å². The maximum atomic E-state index is 7.62. The van der Waals surface area contributed by atoms with Gasteiger partial charge in [-0.1, -0.05) is 47.5 Å². The number of rotatable bonds is 1. The predicted octanol–water partition coefficient (Wildman–Crippen LogP) is 4.79. The third kappa shape index (κ3) is 31.0. The van der Waals surface area contributed by atoms with Crippen molar-refractivity contribution < 1.29 is 34.4 Å². The summed E-state index contributed by atoms with van der Waals surface area (Å²) in [4.78, 5) is 0. The van der Waals surface area contributed by atoms with Crippen molar-refractivity contribution in [1.29, 1.82) is 0 Å². The number of aliphatic hydroxyl groups excluding tert-OH is 2. The van der Waals surface area contributed by atoms with Gasteiger partial charge in [-0.3, -0.25) is 6.08 Å². The van der Waals surface area contributed by atoms with E-state index in [1.54, 1.807) is 0 Å². The van der Waals surface area contributed by atoms with E-state index in [0.717, 1.165) is 0 Å². The van der Waals surface area contributed by atoms with Crippen molar-refractivity contribution in [2.75, 3.05) is 13.2 Å². The molecule has 0 radical (unpaired) electrons. The average Bonchev–Trinajstić information content (AvgIpc) is 2.57. The molecule has 0 aromatic heterocycles. The quantitative estimate of drug-likeness (QED) is 0.567. The molecule has 1 unspecified atom stereocenters. The zero-order valence-corrected chi connectivity index (χ0v) is 20.0. The molecule has 0 saturated heterocycles. The topological polar surface area (TPSA) is 64.3 Å². The molecule has 6 heteroatoms. The first kappa shape index (κ1) is 39.0. The summed E-state index contributed by atoms with van der Waals surface area (Å²) in [6.07, 6.45) is 3.36. The fraction of sp³-hybridized carbons (Fsp3) is 0.647. The van der Waals surface area contributed by atoms with Gasteiger partial charge in [0.05, 0.1) is 13.2 Å². The van der Waals surface area contributed by atoms with Gasteiger partial charge in [-0.15, -0.1) is 37.3 Å². The van der Waals surface area contributed by atoms with E-state index >= 15 is 0 Å². The molecule has 1 atom stereocenters. The summed E-state index contributed by atoms with van der Waals surface area (Å²) in [6, 6.07) is 0. The van der Waals surface area contributed by atoms with Crippen LogP contribution in [0.4, 0.5) is 0 Å². The van der Waals surface area contributed by atoms with E-state index in [2.05, 4.69) is 38.0 Å². The first-order valence-corrected chi connectivity index (χ1v) is 8.38. The number of hydrogen-bond acceptors (Lipinski definition) is 2. The van der Waals surface area contributed by atoms with Gasteiger partial charge < -0.3 is 23.4 Å². The van der Waals surface area contributed by atoms with Crippen LogP contribution < -0.4 is 0 Å². The summed E-state index contributed by atoms with van der Waals surface area (Å²) in [7, 11) is 0. The van der Waals surface area contributed by atoms with Crippen LogP contribution in [0.5, 0.6) is 0 Å². The molecule has 0 bridgehead atoms. The van der Waals surface area contributed by atoms with Crippen LogP contribution in [0.3, 0.4) is 0 Å². The zero-order chi connectivity index (χ0) is 16.9. The third-order valence-corrected chi connectivity index (χ3v) is 2.34. The second kappa shape index (κ2) is 22.7. The second-order valence-electron chi connectivity index (χ2n) is 5.50. The Morgan fingerprint density at radius 1 is 1.09 bits per heavy atom. The van der Waals surface area contributed by atoms with Crippen molar-refractivity contribution in [3.8, 4) is 0 Å². The van der Waals surface area contributed by atoms with Crippen molar-refractivity contribution >= 4 is 29.0 Å². The van der Waals surface area contributed by atoms with Crippen molar-refractivity contribution in [3.63, 3.8) is 0 Å². The number of halogens is 2. The molecule has 0 amide bonds. The summed E-state index contributed by atoms with van der Waals surface area (Å²) in [5.74, 6) is 0.560. The molecular formula is C17H36Cl2NO2Zr-3. The Hall–Kier alpha value is 0.693. The molecule has 3 nitrogen and oxygen atoms in total. The molecule has 23 heavy (non-hydrogen) atoms. The summed E-state index contributed by atoms with van der Waals surface area (Å²) in [6.45, 7) is 14.0. The van der Waals surface area contributed by atoms with E-state index in [9.17, 15) is 0 Å². The van der Waals surface area contributed by atoms with Gasteiger partial charge in [0.15, 0.2) is 0 Å². The fourth-order valence-electron chi connectivity index (χ4n) is 1.16. The normalized spacial score (nSPS) is 14.7. The molecule has 1 rings (SSSR count). The Kier molecular flexibility index (Phi) is 38.5. The largest absolute Gasteiger partial charge is 0.358 e. The molecule has 142 valence electrons. The smallest absolute Gasteiger partial charge is 0.358 e. The standard InChI is InChI=1S/C9H13.C4H10N.C2H6O2.CH3.CH2.2ClH.Zr/c1-6-5-7(2)9(4)8(6)3;1-4(2,3)5;3-1-2-4;;;;;/h6H,1-4H3;5H,1-3H3;3-4H,1-2H2;1H3;1H2;2*1H;/q2*-1;;-1;;;;. The van der Waals surface area contributed by atoms with Gasteiger partial charge in [0.1, 0.15) is 0 Å². The maximum absolute atomic E-state index is 7.62. The Morgan fingerprint density at radius 2 is 1.35 bits per heavy atom. The third-order valence-electron chi connectivity index (χ3n) is 2.34. The Balaban J connectivity index is -0.0000000455. The average molecular weight is 449 g/mol. The molecule has 1 aliphatic rings. The summed E-state index contributed by atoms with van der Waals surface area (Å²) < 4.78 is 3.34. The first-order chi connectivity index (χ1) is 9.04. The van der Waals surface area contributed by atoms with Gasteiger partial charge in [0.2, 0.25) is 0 Å². The van der Waals surface area contributed by atoms with Crippen LogP contribution >= 0.6 is 24.8 Å². The predicted molar refractivity (Wildman–Crippen MR) is 106 cm³/mol. The van der Waals surface area contributed by atoms with Crippen molar-refractivity contribution in [2.45, 2.75) is 54.0 Å². The zero-order valence-electron chi connectivity index (χ0n) is 15.9. The number of nitrogens with one attached hydrogen (secondary N) is 1. The van der Waals surface area contributed by atoms with E-state index in [1.165, 1.54) is 41.0 Å². The Morgan fingerprint density at radius 3 is 1.39 bits per heavy atom. The number of allylic oxidation sites excluding steroid dienone is 4. The van der Waals surface area contributed by atoms with Crippen molar-refractivity contribution in [3.05, 3.63) is 36.0 Å². The number of hydrogen-bond donors (Lipinski definition) is 2. The van der Waals surface area contributed by atoms with Gasteiger partial charge >= 0.3 is 28.4 Å². The minimum atomic E-state index is -0.250. The minimum Gasteiger partial charge on any atom is -0.358 e. The summed E-state index contributed by atoms with van der Waals surface area (Å²) >= 11 is 1.30. The van der Waals surface area contributed by atoms with Gasteiger partial charge in [-0.2, -0.15) is 11.1 Å². The molecule has 0 fully saturated rings. The van der Waals surface area contributed by atoms with Gasteiger partial charge in [-0.05, 0) is 0 Å². The summed E-state index contributed by atoms with van der Waals surface area (Å²) in [5, 5.41) is 15.2. The number of aliphatic hydroxyl groups is 2. The van der Waals surface area contributed by atoms with Crippen LogP contribution in [-0.2, 0) is 24.2 Å². The summed E-state index contributed by atoms with van der Waals surface area (Å²) in [5.41, 5.74) is 10.9. The SMILES string of the molecule is CC(C)(C)[NH-].CC1=[C-]C(C)C(C)=C1C.Cl.Cl.OCCO.[CH2]=[Zr].[CH3-]. The van der Waals surface area contributed by atoms with E-state index in [1.807, 2.05) is 20.8 Å². The fourth-order valence-corrected chi connectivity index (χ4v) is 1.16. The Bertz CT molecular complexity index is 306. The van der Waals surface area contributed by atoms with Crippen molar-refractivity contribution in [2.24, 2.45) is 5.92 Å². The second-order valence-corrected chi connectivity index (χ2v) is 5.50. The van der Waals surface area contributed by atoms with Crippen LogP contribution in [0.15, 0.2) is 16.7 Å². The monoisotopic (exact) mass is 446 g/mol. The van der Waals surface area contributed by atoms with E-state index in [4.69, 9.17) is 15.9 Å². The van der Waals surface area contributed by atoms with Crippen LogP contribution in [0, 0.1) is 19.4 Å². The molecule has 0 aromatic carbocycles.